The maximum atomic E-state index is 12.1. The topological polar surface area (TPSA) is 45.2 Å². The van der Waals surface area contributed by atoms with Crippen LogP contribution >= 0.6 is 11.6 Å². The van der Waals surface area contributed by atoms with E-state index in [0.717, 1.165) is 18.7 Å². The third-order valence-corrected chi connectivity index (χ3v) is 4.04. The van der Waals surface area contributed by atoms with Crippen LogP contribution in [-0.2, 0) is 4.79 Å². The normalized spacial score (nSPS) is 20.7. The predicted octanol–water partition coefficient (Wildman–Crippen LogP) is 2.87. The Bertz CT molecular complexity index is 473. The van der Waals surface area contributed by atoms with Crippen molar-refractivity contribution in [1.29, 1.82) is 0 Å². The fourth-order valence-corrected chi connectivity index (χ4v) is 2.83. The number of carbonyl (C=O) groups excluding carboxylic acids is 1. The summed E-state index contributed by atoms with van der Waals surface area (Å²) in [5.74, 6) is 0.795. The van der Waals surface area contributed by atoms with E-state index in [2.05, 4.69) is 24.1 Å². The highest BCUT2D eigenvalue weighted by molar-refractivity contribution is 6.30. The quantitative estimate of drug-likeness (QED) is 0.929. The summed E-state index contributed by atoms with van der Waals surface area (Å²) in [6.45, 7) is 4.82. The van der Waals surface area contributed by atoms with Crippen LogP contribution in [0.2, 0.25) is 5.02 Å². The van der Waals surface area contributed by atoms with Gasteiger partial charge < -0.3 is 10.2 Å². The number of nitrogens with zero attached hydrogens (tertiary/aromatic N) is 2. The van der Waals surface area contributed by atoms with Crippen LogP contribution in [0.3, 0.4) is 0 Å². The van der Waals surface area contributed by atoms with Gasteiger partial charge >= 0.3 is 0 Å². The number of nitrogens with one attached hydrogen (secondary N) is 1. The number of anilines is 1. The van der Waals surface area contributed by atoms with Gasteiger partial charge in [-0.25, -0.2) is 4.98 Å². The molecule has 2 rings (SSSR count). The van der Waals surface area contributed by atoms with Gasteiger partial charge in [0.1, 0.15) is 5.82 Å². The van der Waals surface area contributed by atoms with E-state index in [-0.39, 0.29) is 5.91 Å². The van der Waals surface area contributed by atoms with Gasteiger partial charge in [-0.05, 0) is 36.8 Å². The standard InChI is InChI=1S/C15H22ClN3O/c1-15(2)7-6-12(8-15)18-14(20)10-19(3)13-5-4-11(16)9-17-13/h4-5,9,12H,6-8,10H2,1-3H3,(H,18,20). The molecule has 0 radical (unpaired) electrons. The Morgan fingerprint density at radius 2 is 2.30 bits per heavy atom. The van der Waals surface area contributed by atoms with Crippen molar-refractivity contribution >= 4 is 23.3 Å². The molecule has 20 heavy (non-hydrogen) atoms. The zero-order valence-corrected chi connectivity index (χ0v) is 13.1. The maximum Gasteiger partial charge on any atom is 0.239 e. The van der Waals surface area contributed by atoms with Crippen LogP contribution in [-0.4, -0.2) is 30.5 Å². The Labute approximate surface area is 125 Å². The molecule has 0 spiro atoms. The molecule has 1 heterocycles. The molecule has 1 unspecified atom stereocenters. The highest BCUT2D eigenvalue weighted by Gasteiger charge is 2.31. The van der Waals surface area contributed by atoms with Crippen molar-refractivity contribution in [2.24, 2.45) is 5.41 Å². The number of halogens is 1. The molecule has 5 heteroatoms. The molecule has 1 N–H and O–H groups in total. The predicted molar refractivity (Wildman–Crippen MR) is 82.1 cm³/mol. The van der Waals surface area contributed by atoms with Gasteiger partial charge in [-0.15, -0.1) is 0 Å². The average molecular weight is 296 g/mol. The van der Waals surface area contributed by atoms with E-state index in [4.69, 9.17) is 11.6 Å². The number of amides is 1. The van der Waals surface area contributed by atoms with Gasteiger partial charge in [0, 0.05) is 19.3 Å². The number of likely N-dealkylation sites (N-methyl/N-ethyl adjacent to an activating group) is 1. The summed E-state index contributed by atoms with van der Waals surface area (Å²) >= 11 is 5.80. The molecule has 1 saturated carbocycles. The molecule has 1 aromatic heterocycles. The van der Waals surface area contributed by atoms with E-state index >= 15 is 0 Å². The highest BCUT2D eigenvalue weighted by Crippen LogP contribution is 2.36. The van der Waals surface area contributed by atoms with Gasteiger partial charge in [0.25, 0.3) is 0 Å². The minimum absolute atomic E-state index is 0.0481. The van der Waals surface area contributed by atoms with Crippen LogP contribution in [0.1, 0.15) is 33.1 Å². The number of hydrogen-bond acceptors (Lipinski definition) is 3. The second-order valence-corrected chi connectivity index (χ2v) is 6.80. The third kappa shape index (κ3) is 4.10. The van der Waals surface area contributed by atoms with E-state index in [9.17, 15) is 4.79 Å². The Hall–Kier alpha value is -1.29. The molecule has 1 aliphatic carbocycles. The lowest BCUT2D eigenvalue weighted by Crippen LogP contribution is -2.40. The summed E-state index contributed by atoms with van der Waals surface area (Å²) in [5, 5.41) is 3.71. The minimum atomic E-state index is 0.0481. The number of hydrogen-bond donors (Lipinski definition) is 1. The largest absolute Gasteiger partial charge is 0.352 e. The molecule has 1 fully saturated rings. The molecule has 0 aromatic carbocycles. The van der Waals surface area contributed by atoms with Gasteiger partial charge in [0.05, 0.1) is 11.6 Å². The van der Waals surface area contributed by atoms with Crippen LogP contribution in [0.15, 0.2) is 18.3 Å². The lowest BCUT2D eigenvalue weighted by molar-refractivity contribution is -0.120. The molecule has 4 nitrogen and oxygen atoms in total. The summed E-state index contributed by atoms with van der Waals surface area (Å²) in [5.41, 5.74) is 0.349. The third-order valence-electron chi connectivity index (χ3n) is 3.82. The van der Waals surface area contributed by atoms with Crippen LogP contribution in [0.5, 0.6) is 0 Å². The smallest absolute Gasteiger partial charge is 0.239 e. The van der Waals surface area contributed by atoms with Crippen LogP contribution in [0.25, 0.3) is 0 Å². The summed E-state index contributed by atoms with van der Waals surface area (Å²) < 4.78 is 0. The molecule has 1 aromatic rings. The summed E-state index contributed by atoms with van der Waals surface area (Å²) in [7, 11) is 1.86. The molecular weight excluding hydrogens is 274 g/mol. The van der Waals surface area contributed by atoms with E-state index in [0.29, 0.717) is 23.0 Å². The van der Waals surface area contributed by atoms with Crippen molar-refractivity contribution in [2.75, 3.05) is 18.5 Å². The first-order chi connectivity index (χ1) is 9.35. The Balaban J connectivity index is 1.84. The fraction of sp³-hybridized carbons (Fsp3) is 0.600. The minimum Gasteiger partial charge on any atom is -0.352 e. The van der Waals surface area contributed by atoms with Crippen molar-refractivity contribution < 1.29 is 4.79 Å². The molecule has 110 valence electrons. The lowest BCUT2D eigenvalue weighted by Gasteiger charge is -2.21. The van der Waals surface area contributed by atoms with Crippen molar-refractivity contribution in [1.82, 2.24) is 10.3 Å². The number of pyridine rings is 1. The van der Waals surface area contributed by atoms with E-state index in [1.54, 1.807) is 12.3 Å². The monoisotopic (exact) mass is 295 g/mol. The average Bonchev–Trinajstić information content (AvgIpc) is 2.69. The Morgan fingerprint density at radius 3 is 2.85 bits per heavy atom. The first-order valence-corrected chi connectivity index (χ1v) is 7.36. The van der Waals surface area contributed by atoms with Crippen LogP contribution in [0, 0.1) is 5.41 Å². The lowest BCUT2D eigenvalue weighted by atomic mass is 9.92. The number of carbonyl (C=O) groups is 1. The number of rotatable bonds is 4. The van der Waals surface area contributed by atoms with E-state index < -0.39 is 0 Å². The molecule has 0 aliphatic heterocycles. The molecule has 1 aliphatic rings. The highest BCUT2D eigenvalue weighted by atomic mass is 35.5. The summed E-state index contributed by atoms with van der Waals surface area (Å²) in [4.78, 5) is 18.1. The molecule has 1 atom stereocenters. The zero-order valence-electron chi connectivity index (χ0n) is 12.3. The maximum absolute atomic E-state index is 12.1. The van der Waals surface area contributed by atoms with Crippen molar-refractivity contribution in [3.63, 3.8) is 0 Å². The first kappa shape index (κ1) is 15.1. The van der Waals surface area contributed by atoms with Crippen LogP contribution in [0.4, 0.5) is 5.82 Å². The van der Waals surface area contributed by atoms with Crippen molar-refractivity contribution in [2.45, 2.75) is 39.2 Å². The SMILES string of the molecule is CN(CC(=O)NC1CCC(C)(C)C1)c1ccc(Cl)cn1. The fourth-order valence-electron chi connectivity index (χ4n) is 2.72. The van der Waals surface area contributed by atoms with Crippen LogP contribution < -0.4 is 10.2 Å². The Kier molecular flexibility index (Phi) is 4.53. The number of aromatic nitrogens is 1. The van der Waals surface area contributed by atoms with E-state index in [1.165, 1.54) is 6.42 Å². The van der Waals surface area contributed by atoms with Gasteiger partial charge in [0.15, 0.2) is 0 Å². The molecule has 0 saturated heterocycles. The summed E-state index contributed by atoms with van der Waals surface area (Å²) in [6, 6.07) is 3.90. The van der Waals surface area contributed by atoms with Gasteiger partial charge in [-0.3, -0.25) is 4.79 Å². The first-order valence-electron chi connectivity index (χ1n) is 6.98. The van der Waals surface area contributed by atoms with Gasteiger partial charge in [-0.2, -0.15) is 0 Å². The summed E-state index contributed by atoms with van der Waals surface area (Å²) in [6.07, 6.45) is 4.89. The molecule has 1 amide bonds. The second-order valence-electron chi connectivity index (χ2n) is 6.36. The zero-order chi connectivity index (χ0) is 14.8. The molecule has 0 bridgehead atoms. The molecular formula is C15H22ClN3O. The van der Waals surface area contributed by atoms with Crippen molar-refractivity contribution in [3.8, 4) is 0 Å². The van der Waals surface area contributed by atoms with Gasteiger partial charge in [0.2, 0.25) is 5.91 Å². The Morgan fingerprint density at radius 1 is 1.55 bits per heavy atom. The van der Waals surface area contributed by atoms with Gasteiger partial charge in [-0.1, -0.05) is 25.4 Å². The van der Waals surface area contributed by atoms with E-state index in [1.807, 2.05) is 18.0 Å². The van der Waals surface area contributed by atoms with Crippen molar-refractivity contribution in [3.05, 3.63) is 23.4 Å². The second kappa shape index (κ2) is 6.00.